The average molecular weight is 225 g/mol. The van der Waals surface area contributed by atoms with Crippen molar-refractivity contribution in [1.29, 1.82) is 0 Å². The number of aliphatic carboxylic acids is 1. The van der Waals surface area contributed by atoms with Crippen LogP contribution in [0.25, 0.3) is 0 Å². The van der Waals surface area contributed by atoms with Crippen LogP contribution in [0.1, 0.15) is 12.5 Å². The number of para-hydroxylation sites is 1. The first-order chi connectivity index (χ1) is 7.43. The standard InChI is InChI=1S/C10H11NO5/c1-6-4-3-5-8(11(14)15)9(6)16-7(2)10(12)13/h3-5,7H,1-2H3,(H,12,13). The van der Waals surface area contributed by atoms with Crippen molar-refractivity contribution in [1.82, 2.24) is 0 Å². The van der Waals surface area contributed by atoms with Gasteiger partial charge in [0.2, 0.25) is 5.75 Å². The minimum Gasteiger partial charge on any atom is -0.479 e. The second-order valence-corrected chi connectivity index (χ2v) is 3.28. The fraction of sp³-hybridized carbons (Fsp3) is 0.300. The van der Waals surface area contributed by atoms with Crippen LogP contribution in [0.3, 0.4) is 0 Å². The van der Waals surface area contributed by atoms with Gasteiger partial charge in [0.25, 0.3) is 0 Å². The van der Waals surface area contributed by atoms with Crippen molar-refractivity contribution in [2.45, 2.75) is 20.0 Å². The van der Waals surface area contributed by atoms with E-state index in [1.165, 1.54) is 19.1 Å². The number of nitro benzene ring substituents is 1. The number of benzene rings is 1. The highest BCUT2D eigenvalue weighted by molar-refractivity contribution is 5.72. The number of ether oxygens (including phenoxy) is 1. The Morgan fingerprint density at radius 3 is 2.69 bits per heavy atom. The van der Waals surface area contributed by atoms with Crippen LogP contribution >= 0.6 is 0 Å². The number of nitro groups is 1. The lowest BCUT2D eigenvalue weighted by Crippen LogP contribution is -2.23. The van der Waals surface area contributed by atoms with Crippen LogP contribution in [0.5, 0.6) is 5.75 Å². The first-order valence-corrected chi connectivity index (χ1v) is 4.57. The molecule has 86 valence electrons. The van der Waals surface area contributed by atoms with Crippen molar-refractivity contribution < 1.29 is 19.6 Å². The van der Waals surface area contributed by atoms with Gasteiger partial charge >= 0.3 is 11.7 Å². The zero-order valence-electron chi connectivity index (χ0n) is 8.84. The lowest BCUT2D eigenvalue weighted by Gasteiger charge is -2.12. The first-order valence-electron chi connectivity index (χ1n) is 4.57. The van der Waals surface area contributed by atoms with Gasteiger partial charge in [-0.05, 0) is 19.4 Å². The summed E-state index contributed by atoms with van der Waals surface area (Å²) >= 11 is 0. The number of hydrogen-bond donors (Lipinski definition) is 1. The SMILES string of the molecule is Cc1cccc([N+](=O)[O-])c1OC(C)C(=O)O. The quantitative estimate of drug-likeness (QED) is 0.622. The second kappa shape index (κ2) is 4.61. The second-order valence-electron chi connectivity index (χ2n) is 3.28. The molecule has 0 amide bonds. The van der Waals surface area contributed by atoms with Gasteiger partial charge in [0.1, 0.15) is 0 Å². The largest absolute Gasteiger partial charge is 0.479 e. The number of hydrogen-bond acceptors (Lipinski definition) is 4. The van der Waals surface area contributed by atoms with E-state index < -0.39 is 17.0 Å². The molecule has 0 fully saturated rings. The molecule has 1 aromatic rings. The molecular weight excluding hydrogens is 214 g/mol. The Hall–Kier alpha value is -2.11. The molecule has 6 nitrogen and oxygen atoms in total. The average Bonchev–Trinajstić information content (AvgIpc) is 2.20. The molecule has 1 rings (SSSR count). The lowest BCUT2D eigenvalue weighted by molar-refractivity contribution is -0.386. The molecule has 1 unspecified atom stereocenters. The Morgan fingerprint density at radius 1 is 1.56 bits per heavy atom. The third-order valence-corrected chi connectivity index (χ3v) is 2.03. The third-order valence-electron chi connectivity index (χ3n) is 2.03. The summed E-state index contributed by atoms with van der Waals surface area (Å²) in [6, 6.07) is 4.42. The van der Waals surface area contributed by atoms with E-state index in [1.807, 2.05) is 0 Å². The Kier molecular flexibility index (Phi) is 3.44. The predicted octanol–water partition coefficient (Wildman–Crippen LogP) is 1.76. The van der Waals surface area contributed by atoms with Gasteiger partial charge in [-0.3, -0.25) is 10.1 Å². The maximum absolute atomic E-state index is 10.7. The number of carbonyl (C=O) groups is 1. The molecule has 0 saturated heterocycles. The van der Waals surface area contributed by atoms with Crippen LogP contribution in [-0.2, 0) is 4.79 Å². The van der Waals surface area contributed by atoms with Gasteiger partial charge < -0.3 is 9.84 Å². The third kappa shape index (κ3) is 2.47. The van der Waals surface area contributed by atoms with Crippen LogP contribution in [0.2, 0.25) is 0 Å². The van der Waals surface area contributed by atoms with Gasteiger partial charge in [-0.1, -0.05) is 12.1 Å². The maximum atomic E-state index is 10.7. The lowest BCUT2D eigenvalue weighted by atomic mass is 10.2. The van der Waals surface area contributed by atoms with Crippen molar-refractivity contribution in [3.8, 4) is 5.75 Å². The molecule has 1 N–H and O–H groups in total. The molecule has 0 radical (unpaired) electrons. The van der Waals surface area contributed by atoms with Gasteiger partial charge in [-0.25, -0.2) is 4.79 Å². The van der Waals surface area contributed by atoms with E-state index in [0.29, 0.717) is 5.56 Å². The van der Waals surface area contributed by atoms with E-state index in [0.717, 1.165) is 0 Å². The molecule has 0 saturated carbocycles. The van der Waals surface area contributed by atoms with Gasteiger partial charge in [0.05, 0.1) is 4.92 Å². The Labute approximate surface area is 91.6 Å². The van der Waals surface area contributed by atoms with Crippen LogP contribution in [-0.4, -0.2) is 22.1 Å². The molecule has 0 aliphatic heterocycles. The topological polar surface area (TPSA) is 89.7 Å². The monoisotopic (exact) mass is 225 g/mol. The highest BCUT2D eigenvalue weighted by Crippen LogP contribution is 2.30. The fourth-order valence-electron chi connectivity index (χ4n) is 1.16. The van der Waals surface area contributed by atoms with E-state index in [9.17, 15) is 14.9 Å². The molecule has 0 bridgehead atoms. The van der Waals surface area contributed by atoms with Crippen molar-refractivity contribution in [2.75, 3.05) is 0 Å². The molecule has 0 aliphatic rings. The molecule has 0 aliphatic carbocycles. The van der Waals surface area contributed by atoms with Gasteiger partial charge in [-0.2, -0.15) is 0 Å². The molecule has 0 aromatic heterocycles. The summed E-state index contributed by atoms with van der Waals surface area (Å²) < 4.78 is 5.06. The smallest absolute Gasteiger partial charge is 0.344 e. The predicted molar refractivity (Wildman–Crippen MR) is 55.6 cm³/mol. The molecule has 6 heteroatoms. The zero-order chi connectivity index (χ0) is 12.3. The summed E-state index contributed by atoms with van der Waals surface area (Å²) in [4.78, 5) is 20.7. The van der Waals surface area contributed by atoms with Gasteiger partial charge in [0, 0.05) is 6.07 Å². The normalized spacial score (nSPS) is 11.9. The maximum Gasteiger partial charge on any atom is 0.344 e. The number of carboxylic acid groups (broad SMARTS) is 1. The van der Waals surface area contributed by atoms with E-state index in [1.54, 1.807) is 13.0 Å². The number of nitrogens with zero attached hydrogens (tertiary/aromatic N) is 1. The number of carboxylic acids is 1. The van der Waals surface area contributed by atoms with Crippen molar-refractivity contribution in [3.63, 3.8) is 0 Å². The minimum atomic E-state index is -1.17. The minimum absolute atomic E-state index is 0.00222. The molecule has 0 heterocycles. The number of rotatable bonds is 4. The highest BCUT2D eigenvalue weighted by atomic mass is 16.6. The van der Waals surface area contributed by atoms with Crippen LogP contribution in [0.15, 0.2) is 18.2 Å². The van der Waals surface area contributed by atoms with Crippen LogP contribution in [0, 0.1) is 17.0 Å². The van der Waals surface area contributed by atoms with Gasteiger partial charge in [0.15, 0.2) is 6.10 Å². The van der Waals surface area contributed by atoms with Crippen molar-refractivity contribution in [3.05, 3.63) is 33.9 Å². The first kappa shape index (κ1) is 12.0. The van der Waals surface area contributed by atoms with Crippen LogP contribution in [0.4, 0.5) is 5.69 Å². The summed E-state index contributed by atoms with van der Waals surface area (Å²) in [5.74, 6) is -1.17. The summed E-state index contributed by atoms with van der Waals surface area (Å²) in [5.41, 5.74) is 0.301. The van der Waals surface area contributed by atoms with Crippen molar-refractivity contribution >= 4 is 11.7 Å². The summed E-state index contributed by atoms with van der Waals surface area (Å²) in [5, 5.41) is 19.4. The van der Waals surface area contributed by atoms with E-state index in [2.05, 4.69) is 0 Å². The molecule has 1 atom stereocenters. The fourth-order valence-corrected chi connectivity index (χ4v) is 1.16. The molecule has 0 spiro atoms. The zero-order valence-corrected chi connectivity index (χ0v) is 8.84. The molecule has 16 heavy (non-hydrogen) atoms. The molecule has 1 aromatic carbocycles. The summed E-state index contributed by atoms with van der Waals surface area (Å²) in [6.45, 7) is 2.94. The summed E-state index contributed by atoms with van der Waals surface area (Å²) in [7, 11) is 0. The van der Waals surface area contributed by atoms with Gasteiger partial charge in [-0.15, -0.1) is 0 Å². The number of aryl methyl sites for hydroxylation is 1. The Bertz CT molecular complexity index is 429. The van der Waals surface area contributed by atoms with Crippen LogP contribution < -0.4 is 4.74 Å². The molecular formula is C10H11NO5. The van der Waals surface area contributed by atoms with E-state index >= 15 is 0 Å². The Balaban J connectivity index is 3.11. The Morgan fingerprint density at radius 2 is 2.19 bits per heavy atom. The summed E-state index contributed by atoms with van der Waals surface area (Å²) in [6.07, 6.45) is -1.13. The van der Waals surface area contributed by atoms with E-state index in [-0.39, 0.29) is 11.4 Å². The van der Waals surface area contributed by atoms with Crippen molar-refractivity contribution in [2.24, 2.45) is 0 Å². The highest BCUT2D eigenvalue weighted by Gasteiger charge is 2.21. The van der Waals surface area contributed by atoms with E-state index in [4.69, 9.17) is 9.84 Å².